The molecule has 0 spiro atoms. The first-order valence-electron chi connectivity index (χ1n) is 8.37. The summed E-state index contributed by atoms with van der Waals surface area (Å²) in [5.74, 6) is 1.85. The second-order valence-corrected chi connectivity index (χ2v) is 6.60. The minimum atomic E-state index is 0.714. The van der Waals surface area contributed by atoms with Crippen LogP contribution in [0.25, 0.3) is 0 Å². The number of aromatic nitrogens is 2. The van der Waals surface area contributed by atoms with E-state index in [1.807, 2.05) is 0 Å². The third kappa shape index (κ3) is 2.77. The highest BCUT2D eigenvalue weighted by Crippen LogP contribution is 2.39. The minimum Gasteiger partial charge on any atom is -0.353 e. The van der Waals surface area contributed by atoms with Gasteiger partial charge in [0.05, 0.1) is 0 Å². The lowest BCUT2D eigenvalue weighted by atomic mass is 10.1. The predicted molar refractivity (Wildman–Crippen MR) is 83.7 cm³/mol. The molecule has 3 aliphatic rings. The molecule has 0 radical (unpaired) electrons. The Morgan fingerprint density at radius 1 is 1.10 bits per heavy atom. The zero-order valence-corrected chi connectivity index (χ0v) is 12.9. The van der Waals surface area contributed by atoms with E-state index < -0.39 is 0 Å². The average Bonchev–Trinajstić information content (AvgIpc) is 3.31. The van der Waals surface area contributed by atoms with Gasteiger partial charge in [-0.1, -0.05) is 6.92 Å². The molecule has 1 aromatic heterocycles. The molecular weight excluding hydrogens is 262 g/mol. The van der Waals surface area contributed by atoms with Crippen LogP contribution in [0.15, 0.2) is 12.4 Å². The zero-order chi connectivity index (χ0) is 14.2. The van der Waals surface area contributed by atoms with Crippen LogP contribution in [0.5, 0.6) is 0 Å². The first-order chi connectivity index (χ1) is 10.3. The molecular formula is C16H25N5. The third-order valence-electron chi connectivity index (χ3n) is 5.23. The van der Waals surface area contributed by atoms with Gasteiger partial charge >= 0.3 is 0 Å². The Hall–Kier alpha value is -1.20. The number of likely N-dealkylation sites (N-methyl/N-ethyl adjacent to an activating group) is 1. The predicted octanol–water partition coefficient (Wildman–Crippen LogP) is 1.18. The van der Waals surface area contributed by atoms with E-state index in [9.17, 15) is 0 Å². The molecule has 114 valence electrons. The van der Waals surface area contributed by atoms with Crippen LogP contribution in [0, 0.1) is 0 Å². The average molecular weight is 287 g/mol. The van der Waals surface area contributed by atoms with Gasteiger partial charge in [-0.15, -0.1) is 0 Å². The Morgan fingerprint density at radius 2 is 1.86 bits per heavy atom. The van der Waals surface area contributed by atoms with Gasteiger partial charge < -0.3 is 9.80 Å². The molecule has 3 fully saturated rings. The summed E-state index contributed by atoms with van der Waals surface area (Å²) in [6.45, 7) is 10.6. The van der Waals surface area contributed by atoms with E-state index in [1.165, 1.54) is 51.3 Å². The van der Waals surface area contributed by atoms with Crippen molar-refractivity contribution in [3.63, 3.8) is 0 Å². The van der Waals surface area contributed by atoms with Crippen molar-refractivity contribution in [2.75, 3.05) is 50.7 Å². The van der Waals surface area contributed by atoms with Crippen molar-refractivity contribution in [1.82, 2.24) is 19.8 Å². The van der Waals surface area contributed by atoms with Gasteiger partial charge in [0.1, 0.15) is 12.1 Å². The van der Waals surface area contributed by atoms with Crippen molar-refractivity contribution in [1.29, 1.82) is 0 Å². The second-order valence-electron chi connectivity index (χ2n) is 6.60. The quantitative estimate of drug-likeness (QED) is 0.831. The van der Waals surface area contributed by atoms with Crippen molar-refractivity contribution in [2.24, 2.45) is 0 Å². The van der Waals surface area contributed by atoms with Crippen molar-refractivity contribution >= 4 is 5.82 Å². The fraction of sp³-hybridized carbons (Fsp3) is 0.750. The van der Waals surface area contributed by atoms with E-state index in [0.717, 1.165) is 24.9 Å². The molecule has 2 saturated heterocycles. The Kier molecular flexibility index (Phi) is 3.55. The van der Waals surface area contributed by atoms with Crippen LogP contribution in [0.3, 0.4) is 0 Å². The topological polar surface area (TPSA) is 35.5 Å². The molecule has 3 heterocycles. The van der Waals surface area contributed by atoms with Crippen molar-refractivity contribution in [2.45, 2.75) is 31.7 Å². The molecule has 1 aliphatic carbocycles. The highest BCUT2D eigenvalue weighted by atomic mass is 15.4. The smallest absolute Gasteiger partial charge is 0.132 e. The summed E-state index contributed by atoms with van der Waals surface area (Å²) >= 11 is 0. The van der Waals surface area contributed by atoms with Gasteiger partial charge in [0.15, 0.2) is 0 Å². The summed E-state index contributed by atoms with van der Waals surface area (Å²) in [6, 6.07) is 2.94. The number of piperazine rings is 1. The Bertz CT molecular complexity index is 487. The standard InChI is InChI=1S/C16H25N5/c1-2-19-5-7-20(8-6-19)14-10-21(11-14)16-9-15(13-3-4-13)17-12-18-16/h9,12-14H,2-8,10-11H2,1H3. The third-order valence-corrected chi connectivity index (χ3v) is 5.23. The van der Waals surface area contributed by atoms with Gasteiger partial charge in [-0.25, -0.2) is 9.97 Å². The lowest BCUT2D eigenvalue weighted by Gasteiger charge is -2.48. The molecule has 21 heavy (non-hydrogen) atoms. The maximum atomic E-state index is 4.46. The summed E-state index contributed by atoms with van der Waals surface area (Å²) in [5, 5.41) is 0. The van der Waals surface area contributed by atoms with E-state index in [4.69, 9.17) is 0 Å². The van der Waals surface area contributed by atoms with E-state index >= 15 is 0 Å². The van der Waals surface area contributed by atoms with Crippen molar-refractivity contribution in [3.8, 4) is 0 Å². The lowest BCUT2D eigenvalue weighted by Crippen LogP contribution is -2.63. The van der Waals surface area contributed by atoms with Crippen LogP contribution >= 0.6 is 0 Å². The summed E-state index contributed by atoms with van der Waals surface area (Å²) in [7, 11) is 0. The second kappa shape index (κ2) is 5.54. The van der Waals surface area contributed by atoms with Crippen molar-refractivity contribution < 1.29 is 0 Å². The molecule has 0 bridgehead atoms. The Labute approximate surface area is 127 Å². The van der Waals surface area contributed by atoms with Crippen LogP contribution in [0.2, 0.25) is 0 Å². The lowest BCUT2D eigenvalue weighted by molar-refractivity contribution is 0.0859. The number of hydrogen-bond acceptors (Lipinski definition) is 5. The molecule has 1 aromatic rings. The van der Waals surface area contributed by atoms with Crippen LogP contribution in [-0.4, -0.2) is 71.6 Å². The normalized spacial score (nSPS) is 25.1. The van der Waals surface area contributed by atoms with Crippen LogP contribution < -0.4 is 4.90 Å². The number of hydrogen-bond donors (Lipinski definition) is 0. The fourth-order valence-corrected chi connectivity index (χ4v) is 3.45. The van der Waals surface area contributed by atoms with Gasteiger partial charge in [0.2, 0.25) is 0 Å². The maximum Gasteiger partial charge on any atom is 0.132 e. The highest BCUT2D eigenvalue weighted by molar-refractivity contribution is 5.44. The van der Waals surface area contributed by atoms with Gasteiger partial charge in [0, 0.05) is 63.0 Å². The molecule has 0 N–H and O–H groups in total. The highest BCUT2D eigenvalue weighted by Gasteiger charge is 2.34. The van der Waals surface area contributed by atoms with E-state index in [1.54, 1.807) is 6.33 Å². The molecule has 0 amide bonds. The maximum absolute atomic E-state index is 4.46. The van der Waals surface area contributed by atoms with Crippen molar-refractivity contribution in [3.05, 3.63) is 18.1 Å². The molecule has 4 rings (SSSR count). The van der Waals surface area contributed by atoms with Gasteiger partial charge in [0.25, 0.3) is 0 Å². The zero-order valence-electron chi connectivity index (χ0n) is 12.9. The van der Waals surface area contributed by atoms with Crippen LogP contribution in [0.4, 0.5) is 5.82 Å². The minimum absolute atomic E-state index is 0.714. The van der Waals surface area contributed by atoms with E-state index in [0.29, 0.717) is 5.92 Å². The van der Waals surface area contributed by atoms with E-state index in [2.05, 4.69) is 37.7 Å². The Balaban J connectivity index is 1.32. The number of anilines is 1. The summed E-state index contributed by atoms with van der Waals surface area (Å²) in [4.78, 5) is 16.5. The largest absolute Gasteiger partial charge is 0.353 e. The molecule has 2 aliphatic heterocycles. The molecule has 5 nitrogen and oxygen atoms in total. The SMILES string of the molecule is CCN1CCN(C2CN(c3cc(C4CC4)ncn3)C2)CC1. The molecule has 0 aromatic carbocycles. The van der Waals surface area contributed by atoms with Crippen LogP contribution in [0.1, 0.15) is 31.4 Å². The summed E-state index contributed by atoms with van der Waals surface area (Å²) in [6.07, 6.45) is 4.36. The molecule has 1 saturated carbocycles. The van der Waals surface area contributed by atoms with Gasteiger partial charge in [-0.05, 0) is 19.4 Å². The van der Waals surface area contributed by atoms with Crippen LogP contribution in [-0.2, 0) is 0 Å². The Morgan fingerprint density at radius 3 is 2.52 bits per heavy atom. The molecule has 0 atom stereocenters. The van der Waals surface area contributed by atoms with Gasteiger partial charge in [-0.2, -0.15) is 0 Å². The first-order valence-corrected chi connectivity index (χ1v) is 8.37. The molecule has 5 heteroatoms. The summed E-state index contributed by atoms with van der Waals surface area (Å²) < 4.78 is 0. The summed E-state index contributed by atoms with van der Waals surface area (Å²) in [5.41, 5.74) is 1.25. The fourth-order valence-electron chi connectivity index (χ4n) is 3.45. The molecule has 0 unspecified atom stereocenters. The first kappa shape index (κ1) is 13.5. The van der Waals surface area contributed by atoms with E-state index in [-0.39, 0.29) is 0 Å². The number of rotatable bonds is 4. The monoisotopic (exact) mass is 287 g/mol. The number of nitrogens with zero attached hydrogens (tertiary/aromatic N) is 5. The van der Waals surface area contributed by atoms with Gasteiger partial charge in [-0.3, -0.25) is 4.90 Å².